The molecule has 1 unspecified atom stereocenters. The maximum absolute atomic E-state index is 11.3. The third-order valence-corrected chi connectivity index (χ3v) is 4.20. The summed E-state index contributed by atoms with van der Waals surface area (Å²) in [5.74, 6) is -0.0923. The number of methoxy groups -OCH3 is 1. The molecule has 0 aromatic heterocycles. The van der Waals surface area contributed by atoms with E-state index in [1.807, 2.05) is 18.2 Å². The molecule has 0 aliphatic heterocycles. The lowest BCUT2D eigenvalue weighted by atomic mass is 9.92. The van der Waals surface area contributed by atoms with E-state index in [-0.39, 0.29) is 12.3 Å². The highest BCUT2D eigenvalue weighted by molar-refractivity contribution is 5.82. The Hall–Kier alpha value is -2.29. The number of aryl methyl sites for hydroxylation is 1. The summed E-state index contributed by atoms with van der Waals surface area (Å²) >= 11 is 0. The van der Waals surface area contributed by atoms with E-state index in [2.05, 4.69) is 25.1 Å². The second-order valence-electron chi connectivity index (χ2n) is 5.38. The van der Waals surface area contributed by atoms with Crippen molar-refractivity contribution in [2.45, 2.75) is 25.7 Å². The first-order valence-electron chi connectivity index (χ1n) is 7.17. The monoisotopic (exact) mass is 282 g/mol. The molecule has 1 aliphatic carbocycles. The van der Waals surface area contributed by atoms with Gasteiger partial charge in [-0.15, -0.1) is 0 Å². The molecule has 108 valence electrons. The number of hydrogen-bond donors (Lipinski definition) is 1. The summed E-state index contributed by atoms with van der Waals surface area (Å²) < 4.78 is 5.29. The lowest BCUT2D eigenvalue weighted by Crippen LogP contribution is -2.05. The fourth-order valence-electron chi connectivity index (χ4n) is 3.13. The zero-order valence-corrected chi connectivity index (χ0v) is 12.2. The molecule has 1 aliphatic rings. The number of carboxylic acids is 1. The minimum absolute atomic E-state index is 0.0888. The van der Waals surface area contributed by atoms with E-state index in [0.717, 1.165) is 34.4 Å². The van der Waals surface area contributed by atoms with Gasteiger partial charge in [-0.3, -0.25) is 4.79 Å². The van der Waals surface area contributed by atoms with Crippen molar-refractivity contribution in [3.8, 4) is 16.9 Å². The molecule has 1 atom stereocenters. The van der Waals surface area contributed by atoms with E-state index in [1.54, 1.807) is 7.11 Å². The first-order valence-corrected chi connectivity index (χ1v) is 7.17. The lowest BCUT2D eigenvalue weighted by molar-refractivity contribution is -0.137. The maximum atomic E-state index is 11.3. The molecular formula is C18H18O3. The van der Waals surface area contributed by atoms with Crippen molar-refractivity contribution in [2.75, 3.05) is 7.11 Å². The van der Waals surface area contributed by atoms with Gasteiger partial charge in [-0.1, -0.05) is 31.2 Å². The fraction of sp³-hybridized carbons (Fsp3) is 0.278. The minimum Gasteiger partial charge on any atom is -0.497 e. The number of benzene rings is 2. The molecule has 21 heavy (non-hydrogen) atoms. The molecule has 3 heteroatoms. The quantitative estimate of drug-likeness (QED) is 0.926. The van der Waals surface area contributed by atoms with Gasteiger partial charge in [-0.2, -0.15) is 0 Å². The predicted molar refractivity (Wildman–Crippen MR) is 81.9 cm³/mol. The van der Waals surface area contributed by atoms with E-state index >= 15 is 0 Å². The van der Waals surface area contributed by atoms with Crippen LogP contribution in [0.5, 0.6) is 5.75 Å². The summed E-state index contributed by atoms with van der Waals surface area (Å²) in [5, 5.41) is 9.25. The van der Waals surface area contributed by atoms with E-state index < -0.39 is 5.97 Å². The van der Waals surface area contributed by atoms with E-state index in [9.17, 15) is 9.90 Å². The number of carbonyl (C=O) groups is 1. The number of ether oxygens (including phenoxy) is 1. The smallest absolute Gasteiger partial charge is 0.304 e. The Labute approximate surface area is 124 Å². The molecule has 3 nitrogen and oxygen atoms in total. The van der Waals surface area contributed by atoms with Crippen molar-refractivity contribution in [3.05, 3.63) is 53.1 Å². The molecule has 0 heterocycles. The van der Waals surface area contributed by atoms with Crippen molar-refractivity contribution in [1.29, 1.82) is 0 Å². The minimum atomic E-state index is -0.775. The van der Waals surface area contributed by atoms with Gasteiger partial charge in [0, 0.05) is 5.92 Å². The zero-order chi connectivity index (χ0) is 15.0. The van der Waals surface area contributed by atoms with Gasteiger partial charge in [0.2, 0.25) is 0 Å². The van der Waals surface area contributed by atoms with Crippen LogP contribution in [0.2, 0.25) is 0 Å². The first kappa shape index (κ1) is 13.7. The maximum Gasteiger partial charge on any atom is 0.304 e. The van der Waals surface area contributed by atoms with Gasteiger partial charge in [0.25, 0.3) is 0 Å². The molecule has 2 aromatic rings. The Balaban J connectivity index is 2.17. The van der Waals surface area contributed by atoms with E-state index in [0.29, 0.717) is 0 Å². The Morgan fingerprint density at radius 3 is 2.43 bits per heavy atom. The Morgan fingerprint density at radius 1 is 1.14 bits per heavy atom. The van der Waals surface area contributed by atoms with Crippen LogP contribution in [0.25, 0.3) is 11.1 Å². The van der Waals surface area contributed by atoms with Crippen LogP contribution < -0.4 is 4.74 Å². The van der Waals surface area contributed by atoms with Crippen molar-refractivity contribution in [3.63, 3.8) is 0 Å². The number of rotatable bonds is 4. The van der Waals surface area contributed by atoms with Crippen LogP contribution >= 0.6 is 0 Å². The van der Waals surface area contributed by atoms with E-state index in [1.165, 1.54) is 5.56 Å². The molecule has 0 radical (unpaired) electrons. The topological polar surface area (TPSA) is 46.5 Å². The highest BCUT2D eigenvalue weighted by Crippen LogP contribution is 2.47. The molecule has 1 N–H and O–H groups in total. The SMILES string of the molecule is CCc1ccc2c(c1)C(CC(=O)O)c1cc(OC)ccc1-2. The van der Waals surface area contributed by atoms with Crippen LogP contribution in [0.15, 0.2) is 36.4 Å². The normalized spacial score (nSPS) is 15.4. The van der Waals surface area contributed by atoms with Crippen LogP contribution in [-0.4, -0.2) is 18.2 Å². The highest BCUT2D eigenvalue weighted by Gasteiger charge is 2.30. The Bertz CT molecular complexity index is 650. The van der Waals surface area contributed by atoms with Gasteiger partial charge in [0.05, 0.1) is 13.5 Å². The number of fused-ring (bicyclic) bond motifs is 3. The predicted octanol–water partition coefficient (Wildman–Crippen LogP) is 3.84. The zero-order valence-electron chi connectivity index (χ0n) is 12.2. The average molecular weight is 282 g/mol. The number of carboxylic acid groups (broad SMARTS) is 1. The summed E-state index contributed by atoms with van der Waals surface area (Å²) in [7, 11) is 1.63. The molecule has 0 amide bonds. The second kappa shape index (κ2) is 5.24. The molecule has 0 spiro atoms. The van der Waals surface area contributed by atoms with Crippen LogP contribution in [0, 0.1) is 0 Å². The summed E-state index contributed by atoms with van der Waals surface area (Å²) in [6, 6.07) is 12.3. The highest BCUT2D eigenvalue weighted by atomic mass is 16.5. The number of hydrogen-bond acceptors (Lipinski definition) is 2. The molecule has 0 saturated heterocycles. The second-order valence-corrected chi connectivity index (χ2v) is 5.38. The molecule has 2 aromatic carbocycles. The van der Waals surface area contributed by atoms with Crippen molar-refractivity contribution in [2.24, 2.45) is 0 Å². The van der Waals surface area contributed by atoms with Gasteiger partial charge in [0.1, 0.15) is 5.75 Å². The third kappa shape index (κ3) is 2.29. The first-order chi connectivity index (χ1) is 10.1. The molecular weight excluding hydrogens is 264 g/mol. The largest absolute Gasteiger partial charge is 0.497 e. The van der Waals surface area contributed by atoms with Crippen molar-refractivity contribution < 1.29 is 14.6 Å². The fourth-order valence-corrected chi connectivity index (χ4v) is 3.13. The molecule has 0 fully saturated rings. The van der Waals surface area contributed by atoms with Crippen LogP contribution in [0.3, 0.4) is 0 Å². The third-order valence-electron chi connectivity index (χ3n) is 4.20. The van der Waals surface area contributed by atoms with Crippen LogP contribution in [0.4, 0.5) is 0 Å². The van der Waals surface area contributed by atoms with Crippen molar-refractivity contribution in [1.82, 2.24) is 0 Å². The van der Waals surface area contributed by atoms with Gasteiger partial charge in [-0.25, -0.2) is 0 Å². The van der Waals surface area contributed by atoms with Gasteiger partial charge in [0.15, 0.2) is 0 Å². The van der Waals surface area contributed by atoms with Gasteiger partial charge < -0.3 is 9.84 Å². The lowest BCUT2D eigenvalue weighted by Gasteiger charge is -2.12. The summed E-state index contributed by atoms with van der Waals surface area (Å²) in [4.78, 5) is 11.3. The van der Waals surface area contributed by atoms with Crippen molar-refractivity contribution >= 4 is 5.97 Å². The van der Waals surface area contributed by atoms with Gasteiger partial charge >= 0.3 is 5.97 Å². The van der Waals surface area contributed by atoms with Gasteiger partial charge in [-0.05, 0) is 46.4 Å². The number of aliphatic carboxylic acids is 1. The molecule has 0 bridgehead atoms. The Morgan fingerprint density at radius 2 is 1.81 bits per heavy atom. The van der Waals surface area contributed by atoms with Crippen LogP contribution in [0.1, 0.15) is 36.0 Å². The summed E-state index contributed by atoms with van der Waals surface area (Å²) in [6.07, 6.45) is 1.06. The molecule has 0 saturated carbocycles. The molecule has 3 rings (SSSR count). The summed E-state index contributed by atoms with van der Waals surface area (Å²) in [5.41, 5.74) is 5.69. The Kier molecular flexibility index (Phi) is 3.42. The average Bonchev–Trinajstić information content (AvgIpc) is 2.79. The van der Waals surface area contributed by atoms with Crippen LogP contribution in [-0.2, 0) is 11.2 Å². The standard InChI is InChI=1S/C18H18O3/c1-3-11-4-6-13-14-7-5-12(21-2)9-16(14)17(10-18(19)20)15(13)8-11/h4-9,17H,3,10H2,1-2H3,(H,19,20). The summed E-state index contributed by atoms with van der Waals surface area (Å²) in [6.45, 7) is 2.11. The van der Waals surface area contributed by atoms with E-state index in [4.69, 9.17) is 4.74 Å².